The molecule has 0 unspecified atom stereocenters. The van der Waals surface area contributed by atoms with Gasteiger partial charge in [0.15, 0.2) is 0 Å². The van der Waals surface area contributed by atoms with Gasteiger partial charge in [-0.05, 0) is 38.3 Å². The maximum Gasteiger partial charge on any atom is 0.255 e. The Labute approximate surface area is 165 Å². The van der Waals surface area contributed by atoms with Crippen molar-refractivity contribution >= 4 is 11.8 Å². The van der Waals surface area contributed by atoms with E-state index in [2.05, 4.69) is 15.2 Å². The van der Waals surface area contributed by atoms with Crippen molar-refractivity contribution in [2.24, 2.45) is 5.92 Å². The van der Waals surface area contributed by atoms with E-state index in [4.69, 9.17) is 4.74 Å². The van der Waals surface area contributed by atoms with Crippen molar-refractivity contribution in [2.45, 2.75) is 31.7 Å². The van der Waals surface area contributed by atoms with Gasteiger partial charge in [0.25, 0.3) is 5.91 Å². The Bertz CT molecular complexity index is 707. The highest BCUT2D eigenvalue weighted by Gasteiger charge is 2.32. The number of aromatic nitrogens is 1. The standard InChI is InChI=1S/C20H30N4O4/c1-28-12-8-21-19(26)16-3-2-9-24(14-16)17-6-10-23(11-7-17)20(27)15-4-5-18(25)22-13-15/h4-5,13,16-17H,2-3,6-12,14H2,1H3,(H,21,26)(H,22,25)/t16-/m1/s1. The van der Waals surface area contributed by atoms with E-state index in [1.54, 1.807) is 13.2 Å². The molecule has 3 heterocycles. The highest BCUT2D eigenvalue weighted by Crippen LogP contribution is 2.24. The molecule has 8 nitrogen and oxygen atoms in total. The zero-order chi connectivity index (χ0) is 19.9. The zero-order valence-corrected chi connectivity index (χ0v) is 16.5. The van der Waals surface area contributed by atoms with Crippen molar-refractivity contribution < 1.29 is 14.3 Å². The van der Waals surface area contributed by atoms with Gasteiger partial charge in [-0.3, -0.25) is 19.3 Å². The largest absolute Gasteiger partial charge is 0.383 e. The molecule has 2 fully saturated rings. The third-order valence-corrected chi connectivity index (χ3v) is 5.73. The summed E-state index contributed by atoms with van der Waals surface area (Å²) in [5.41, 5.74) is 0.310. The molecule has 8 heteroatoms. The van der Waals surface area contributed by atoms with E-state index >= 15 is 0 Å². The minimum Gasteiger partial charge on any atom is -0.383 e. The van der Waals surface area contributed by atoms with E-state index in [0.29, 0.717) is 37.8 Å². The first-order valence-corrected chi connectivity index (χ1v) is 10.1. The number of aromatic amines is 1. The molecule has 2 saturated heterocycles. The lowest BCUT2D eigenvalue weighted by Gasteiger charge is -2.42. The van der Waals surface area contributed by atoms with E-state index in [0.717, 1.165) is 38.8 Å². The number of nitrogens with zero attached hydrogens (tertiary/aromatic N) is 2. The Balaban J connectivity index is 1.48. The predicted octanol–water partition coefficient (Wildman–Crippen LogP) is 0.454. The van der Waals surface area contributed by atoms with Crippen molar-refractivity contribution in [1.82, 2.24) is 20.1 Å². The molecular weight excluding hydrogens is 360 g/mol. The second-order valence-corrected chi connectivity index (χ2v) is 7.58. The van der Waals surface area contributed by atoms with E-state index in [1.165, 1.54) is 12.3 Å². The molecule has 1 atom stereocenters. The van der Waals surface area contributed by atoms with Gasteiger partial charge in [0.2, 0.25) is 11.5 Å². The van der Waals surface area contributed by atoms with Gasteiger partial charge in [0.05, 0.1) is 18.1 Å². The zero-order valence-electron chi connectivity index (χ0n) is 16.5. The minimum absolute atomic E-state index is 0.0337. The van der Waals surface area contributed by atoms with Crippen LogP contribution in [0, 0.1) is 5.92 Å². The van der Waals surface area contributed by atoms with Gasteiger partial charge in [-0.1, -0.05) is 0 Å². The van der Waals surface area contributed by atoms with Gasteiger partial charge < -0.3 is 19.9 Å². The smallest absolute Gasteiger partial charge is 0.255 e. The predicted molar refractivity (Wildman–Crippen MR) is 105 cm³/mol. The number of likely N-dealkylation sites (tertiary alicyclic amines) is 2. The van der Waals surface area contributed by atoms with Crippen LogP contribution in [0.1, 0.15) is 36.0 Å². The van der Waals surface area contributed by atoms with Gasteiger partial charge in [0.1, 0.15) is 0 Å². The molecule has 0 aromatic carbocycles. The molecule has 0 saturated carbocycles. The molecule has 0 spiro atoms. The second-order valence-electron chi connectivity index (χ2n) is 7.58. The summed E-state index contributed by atoms with van der Waals surface area (Å²) in [5.74, 6) is 0.114. The normalized spacial score (nSPS) is 21.5. The molecule has 3 rings (SSSR count). The number of H-pyrrole nitrogens is 1. The quantitative estimate of drug-likeness (QED) is 0.688. The van der Waals surface area contributed by atoms with Gasteiger partial charge in [-0.15, -0.1) is 0 Å². The molecule has 2 amide bonds. The molecule has 1 aromatic heterocycles. The van der Waals surface area contributed by atoms with Crippen LogP contribution in [0.25, 0.3) is 0 Å². The minimum atomic E-state index is -0.207. The maximum atomic E-state index is 12.6. The molecule has 2 aliphatic rings. The summed E-state index contributed by atoms with van der Waals surface area (Å²) in [6, 6.07) is 3.37. The summed E-state index contributed by atoms with van der Waals surface area (Å²) in [6.07, 6.45) is 5.26. The van der Waals surface area contributed by atoms with Crippen LogP contribution < -0.4 is 10.9 Å². The first-order chi connectivity index (χ1) is 13.6. The van der Waals surface area contributed by atoms with Crippen LogP contribution in [0.3, 0.4) is 0 Å². The number of methoxy groups -OCH3 is 1. The Hall–Kier alpha value is -2.19. The number of hydrogen-bond donors (Lipinski definition) is 2. The van der Waals surface area contributed by atoms with Crippen molar-refractivity contribution in [3.8, 4) is 0 Å². The number of carbonyl (C=O) groups excluding carboxylic acids is 2. The average Bonchev–Trinajstić information content (AvgIpc) is 2.74. The molecule has 2 N–H and O–H groups in total. The first-order valence-electron chi connectivity index (χ1n) is 10.1. The van der Waals surface area contributed by atoms with E-state index in [1.807, 2.05) is 4.90 Å². The molecule has 0 aliphatic carbocycles. The fourth-order valence-corrected chi connectivity index (χ4v) is 4.13. The van der Waals surface area contributed by atoms with Gasteiger partial charge in [-0.25, -0.2) is 0 Å². The van der Waals surface area contributed by atoms with Crippen LogP contribution in [-0.4, -0.2) is 79.1 Å². The number of pyridine rings is 1. The summed E-state index contributed by atoms with van der Waals surface area (Å²) in [6.45, 7) is 4.28. The molecular formula is C20H30N4O4. The third-order valence-electron chi connectivity index (χ3n) is 5.73. The number of rotatable bonds is 6. The lowest BCUT2D eigenvalue weighted by atomic mass is 9.93. The maximum absolute atomic E-state index is 12.6. The van der Waals surface area contributed by atoms with Crippen LogP contribution in [0.4, 0.5) is 0 Å². The number of piperidine rings is 2. The Morgan fingerprint density at radius 2 is 2.00 bits per heavy atom. The fraction of sp³-hybridized carbons (Fsp3) is 0.650. The fourth-order valence-electron chi connectivity index (χ4n) is 4.13. The summed E-state index contributed by atoms with van der Waals surface area (Å²) in [5, 5.41) is 2.95. The van der Waals surface area contributed by atoms with E-state index in [-0.39, 0.29) is 23.3 Å². The second kappa shape index (κ2) is 9.84. The summed E-state index contributed by atoms with van der Waals surface area (Å²) >= 11 is 0. The monoisotopic (exact) mass is 390 g/mol. The van der Waals surface area contributed by atoms with E-state index in [9.17, 15) is 14.4 Å². The van der Waals surface area contributed by atoms with Crippen LogP contribution in [0.2, 0.25) is 0 Å². The Morgan fingerprint density at radius 3 is 2.68 bits per heavy atom. The highest BCUT2D eigenvalue weighted by atomic mass is 16.5. The van der Waals surface area contributed by atoms with Crippen LogP contribution in [0.15, 0.2) is 23.1 Å². The molecule has 28 heavy (non-hydrogen) atoms. The SMILES string of the molecule is COCCNC(=O)[C@@H]1CCCN(C2CCN(C(=O)c3ccc(=O)[nH]c3)CC2)C1. The van der Waals surface area contributed by atoms with Gasteiger partial charge in [0, 0.05) is 51.6 Å². The number of ether oxygens (including phenoxy) is 1. The van der Waals surface area contributed by atoms with Gasteiger partial charge in [-0.2, -0.15) is 0 Å². The molecule has 1 aromatic rings. The Morgan fingerprint density at radius 1 is 1.21 bits per heavy atom. The van der Waals surface area contributed by atoms with Crippen molar-refractivity contribution in [2.75, 3.05) is 46.4 Å². The molecule has 0 bridgehead atoms. The van der Waals surface area contributed by atoms with Crippen LogP contribution in [-0.2, 0) is 9.53 Å². The van der Waals surface area contributed by atoms with E-state index < -0.39 is 0 Å². The van der Waals surface area contributed by atoms with Gasteiger partial charge >= 0.3 is 0 Å². The number of amides is 2. The van der Waals surface area contributed by atoms with Crippen molar-refractivity contribution in [1.29, 1.82) is 0 Å². The summed E-state index contributed by atoms with van der Waals surface area (Å²) in [4.78, 5) is 42.9. The highest BCUT2D eigenvalue weighted by molar-refractivity contribution is 5.93. The number of hydrogen-bond acceptors (Lipinski definition) is 5. The Kier molecular flexibility index (Phi) is 7.22. The molecule has 154 valence electrons. The molecule has 2 aliphatic heterocycles. The lowest BCUT2D eigenvalue weighted by Crippen LogP contribution is -2.51. The number of carbonyl (C=O) groups is 2. The average molecular weight is 390 g/mol. The lowest BCUT2D eigenvalue weighted by molar-refractivity contribution is -0.127. The van der Waals surface area contributed by atoms with Crippen LogP contribution >= 0.6 is 0 Å². The topological polar surface area (TPSA) is 94.7 Å². The van der Waals surface area contributed by atoms with Crippen molar-refractivity contribution in [3.63, 3.8) is 0 Å². The molecule has 0 radical (unpaired) electrons. The summed E-state index contributed by atoms with van der Waals surface area (Å²) in [7, 11) is 1.63. The third kappa shape index (κ3) is 5.20. The van der Waals surface area contributed by atoms with Crippen LogP contribution in [0.5, 0.6) is 0 Å². The first kappa shape index (κ1) is 20.5. The van der Waals surface area contributed by atoms with Crippen molar-refractivity contribution in [3.05, 3.63) is 34.2 Å². The number of nitrogens with one attached hydrogen (secondary N) is 2. The summed E-state index contributed by atoms with van der Waals surface area (Å²) < 4.78 is 4.99.